The van der Waals surface area contributed by atoms with E-state index in [9.17, 15) is 0 Å². The predicted octanol–water partition coefficient (Wildman–Crippen LogP) is 9.90. The van der Waals surface area contributed by atoms with Gasteiger partial charge in [0.1, 0.15) is 0 Å². The molecule has 3 heteroatoms. The molecule has 41 heavy (non-hydrogen) atoms. The third-order valence-electron chi connectivity index (χ3n) is 8.24. The maximum atomic E-state index is 5.04. The molecule has 0 radical (unpaired) electrons. The van der Waals surface area contributed by atoms with Crippen molar-refractivity contribution in [3.8, 4) is 33.9 Å². The summed E-state index contributed by atoms with van der Waals surface area (Å²) in [5.41, 5.74) is 12.4. The van der Waals surface area contributed by atoms with Crippen LogP contribution in [0.2, 0.25) is 0 Å². The average Bonchev–Trinajstić information content (AvgIpc) is 3.02. The minimum Gasteiger partial charge on any atom is -0.310 e. The van der Waals surface area contributed by atoms with Gasteiger partial charge in [0.15, 0.2) is 5.82 Å². The Bertz CT molecular complexity index is 1820. The van der Waals surface area contributed by atoms with Gasteiger partial charge in [0.05, 0.1) is 22.8 Å². The van der Waals surface area contributed by atoms with E-state index >= 15 is 0 Å². The van der Waals surface area contributed by atoms with Crippen molar-refractivity contribution >= 4 is 17.1 Å². The molecule has 0 aliphatic carbocycles. The summed E-state index contributed by atoms with van der Waals surface area (Å²) in [7, 11) is 0. The quantitative estimate of drug-likeness (QED) is 0.227. The van der Waals surface area contributed by atoms with Crippen molar-refractivity contribution in [1.29, 1.82) is 0 Å². The number of anilines is 3. The topological polar surface area (TPSA) is 29.0 Å². The van der Waals surface area contributed by atoms with E-state index in [4.69, 9.17) is 9.97 Å². The van der Waals surface area contributed by atoms with Gasteiger partial charge in [-0.2, -0.15) is 0 Å². The Morgan fingerprint density at radius 3 is 1.76 bits per heavy atom. The van der Waals surface area contributed by atoms with Crippen molar-refractivity contribution < 1.29 is 0 Å². The van der Waals surface area contributed by atoms with Gasteiger partial charge in [-0.15, -0.1) is 0 Å². The summed E-state index contributed by atoms with van der Waals surface area (Å²) in [5.74, 6) is 0.728. The number of aromatic nitrogens is 2. The van der Waals surface area contributed by atoms with Crippen LogP contribution < -0.4 is 4.90 Å². The molecule has 3 nitrogen and oxygen atoms in total. The van der Waals surface area contributed by atoms with Crippen LogP contribution in [0.25, 0.3) is 33.9 Å². The second kappa shape index (κ2) is 9.87. The monoisotopic (exact) mass is 529 g/mol. The number of aryl methyl sites for hydroxylation is 1. The summed E-state index contributed by atoms with van der Waals surface area (Å²) in [4.78, 5) is 12.4. The van der Waals surface area contributed by atoms with Crippen LogP contribution in [0.5, 0.6) is 0 Å². The zero-order valence-electron chi connectivity index (χ0n) is 23.5. The lowest BCUT2D eigenvalue weighted by molar-refractivity contribution is 0.632. The molecule has 5 aromatic carbocycles. The summed E-state index contributed by atoms with van der Waals surface area (Å²) in [5, 5.41) is 0. The first-order chi connectivity index (χ1) is 20.0. The third kappa shape index (κ3) is 4.31. The fourth-order valence-corrected chi connectivity index (χ4v) is 6.04. The van der Waals surface area contributed by atoms with Gasteiger partial charge in [-0.25, -0.2) is 9.97 Å². The third-order valence-corrected chi connectivity index (χ3v) is 8.24. The standard InChI is InChI=1S/C38H31N3/c1-26-13-7-8-16-30(26)34-25-33(39-37(40-34)28-14-5-4-6-15-28)27-21-23-29(24-22-27)41-35-19-11-9-17-31(35)38(2,3)32-18-10-12-20-36(32)41/h4-25H,1-3H3. The summed E-state index contributed by atoms with van der Waals surface area (Å²) in [6, 6.07) is 47.0. The van der Waals surface area contributed by atoms with E-state index in [1.807, 2.05) is 18.2 Å². The van der Waals surface area contributed by atoms with Gasteiger partial charge in [0.2, 0.25) is 0 Å². The molecule has 0 amide bonds. The van der Waals surface area contributed by atoms with Crippen LogP contribution in [-0.2, 0) is 5.41 Å². The minimum absolute atomic E-state index is 0.0790. The van der Waals surface area contributed by atoms with Gasteiger partial charge in [-0.1, -0.05) is 117 Å². The smallest absolute Gasteiger partial charge is 0.160 e. The van der Waals surface area contributed by atoms with Crippen molar-refractivity contribution in [2.75, 3.05) is 4.90 Å². The SMILES string of the molecule is Cc1ccccc1-c1cc(-c2ccc(N3c4ccccc4C(C)(C)c4ccccc43)cc2)nc(-c2ccccc2)n1. The molecule has 0 fully saturated rings. The molecule has 6 aromatic rings. The lowest BCUT2D eigenvalue weighted by Crippen LogP contribution is -2.30. The van der Waals surface area contributed by atoms with Crippen molar-refractivity contribution in [1.82, 2.24) is 9.97 Å². The van der Waals surface area contributed by atoms with E-state index in [2.05, 4.69) is 141 Å². The number of fused-ring (bicyclic) bond motifs is 2. The highest BCUT2D eigenvalue weighted by atomic mass is 15.2. The summed E-state index contributed by atoms with van der Waals surface area (Å²) >= 11 is 0. The highest BCUT2D eigenvalue weighted by Gasteiger charge is 2.36. The Morgan fingerprint density at radius 1 is 0.537 bits per heavy atom. The lowest BCUT2D eigenvalue weighted by atomic mass is 9.73. The second-order valence-corrected chi connectivity index (χ2v) is 11.2. The molecule has 0 saturated heterocycles. The normalized spacial score (nSPS) is 13.4. The minimum atomic E-state index is -0.0790. The van der Waals surface area contributed by atoms with E-state index in [1.165, 1.54) is 28.1 Å². The molecule has 0 atom stereocenters. The molecule has 198 valence electrons. The van der Waals surface area contributed by atoms with Crippen LogP contribution in [0, 0.1) is 6.92 Å². The van der Waals surface area contributed by atoms with Crippen molar-refractivity contribution in [2.45, 2.75) is 26.2 Å². The number of nitrogens with zero attached hydrogens (tertiary/aromatic N) is 3. The number of hydrogen-bond acceptors (Lipinski definition) is 3. The highest BCUT2D eigenvalue weighted by molar-refractivity contribution is 5.86. The van der Waals surface area contributed by atoms with E-state index < -0.39 is 0 Å². The number of benzene rings is 5. The van der Waals surface area contributed by atoms with Crippen LogP contribution in [0.1, 0.15) is 30.5 Å². The Hall–Kier alpha value is -5.02. The van der Waals surface area contributed by atoms with Gasteiger partial charge < -0.3 is 4.90 Å². The largest absolute Gasteiger partial charge is 0.310 e. The van der Waals surface area contributed by atoms with Crippen molar-refractivity contribution in [3.05, 3.63) is 150 Å². The highest BCUT2D eigenvalue weighted by Crippen LogP contribution is 2.51. The van der Waals surface area contributed by atoms with E-state index in [-0.39, 0.29) is 5.41 Å². The number of hydrogen-bond donors (Lipinski definition) is 0. The molecule has 0 bridgehead atoms. The molecule has 0 spiro atoms. The van der Waals surface area contributed by atoms with Crippen LogP contribution >= 0.6 is 0 Å². The predicted molar refractivity (Wildman–Crippen MR) is 170 cm³/mol. The Labute approximate surface area is 241 Å². The zero-order valence-corrected chi connectivity index (χ0v) is 23.5. The van der Waals surface area contributed by atoms with Crippen LogP contribution in [0.15, 0.2) is 133 Å². The van der Waals surface area contributed by atoms with Crippen LogP contribution in [0.3, 0.4) is 0 Å². The first-order valence-corrected chi connectivity index (χ1v) is 14.1. The first-order valence-electron chi connectivity index (χ1n) is 14.1. The van der Waals surface area contributed by atoms with Crippen molar-refractivity contribution in [2.24, 2.45) is 0 Å². The maximum Gasteiger partial charge on any atom is 0.160 e. The Kier molecular flexibility index (Phi) is 6.01. The van der Waals surface area contributed by atoms with E-state index in [1.54, 1.807) is 0 Å². The second-order valence-electron chi connectivity index (χ2n) is 11.2. The van der Waals surface area contributed by atoms with Crippen LogP contribution in [0.4, 0.5) is 17.1 Å². The summed E-state index contributed by atoms with van der Waals surface area (Å²) in [6.07, 6.45) is 0. The molecule has 1 aliphatic heterocycles. The molecule has 0 unspecified atom stereocenters. The fourth-order valence-electron chi connectivity index (χ4n) is 6.04. The molecule has 2 heterocycles. The number of rotatable bonds is 4. The molecule has 1 aromatic heterocycles. The van der Waals surface area contributed by atoms with Gasteiger partial charge in [0.25, 0.3) is 0 Å². The molecule has 1 aliphatic rings. The fraction of sp³-hybridized carbons (Fsp3) is 0.105. The van der Waals surface area contributed by atoms with Gasteiger partial charge in [-0.3, -0.25) is 0 Å². The van der Waals surface area contributed by atoms with Gasteiger partial charge in [-0.05, 0) is 53.9 Å². The summed E-state index contributed by atoms with van der Waals surface area (Å²) < 4.78 is 0. The Morgan fingerprint density at radius 2 is 1.10 bits per heavy atom. The number of para-hydroxylation sites is 2. The lowest BCUT2D eigenvalue weighted by Gasteiger charge is -2.42. The molecule has 7 rings (SSSR count). The summed E-state index contributed by atoms with van der Waals surface area (Å²) in [6.45, 7) is 6.76. The van der Waals surface area contributed by atoms with Crippen molar-refractivity contribution in [3.63, 3.8) is 0 Å². The van der Waals surface area contributed by atoms with Crippen LogP contribution in [-0.4, -0.2) is 9.97 Å². The first kappa shape index (κ1) is 25.0. The average molecular weight is 530 g/mol. The molecular weight excluding hydrogens is 498 g/mol. The maximum absolute atomic E-state index is 5.04. The van der Waals surface area contributed by atoms with Gasteiger partial charge >= 0.3 is 0 Å². The molecular formula is C38H31N3. The zero-order chi connectivity index (χ0) is 28.0. The van der Waals surface area contributed by atoms with E-state index in [0.29, 0.717) is 0 Å². The molecule has 0 saturated carbocycles. The Balaban J connectivity index is 1.35. The molecule has 0 N–H and O–H groups in total. The van der Waals surface area contributed by atoms with Gasteiger partial charge in [0, 0.05) is 27.8 Å². The van der Waals surface area contributed by atoms with E-state index in [0.717, 1.165) is 39.6 Å².